The van der Waals surface area contributed by atoms with Gasteiger partial charge in [-0.1, -0.05) is 0 Å². The molecule has 1 atom stereocenters. The highest BCUT2D eigenvalue weighted by Gasteiger charge is 2.07. The molecular formula is C12H15F2NO2. The van der Waals surface area contributed by atoms with Crippen LogP contribution in [0.1, 0.15) is 25.3 Å². The standard InChI is InChI=1S/C12H15F2NO2/c1-8(16)2-5-12(17)15-7-9-6-10(13)3-4-11(9)14/h3-4,6,8,16H,2,5,7H2,1H3,(H,15,17). The van der Waals surface area contributed by atoms with Gasteiger partial charge in [-0.3, -0.25) is 4.79 Å². The van der Waals surface area contributed by atoms with Crippen LogP contribution in [0, 0.1) is 11.6 Å². The second-order valence-electron chi connectivity index (χ2n) is 3.90. The number of hydrogen-bond donors (Lipinski definition) is 2. The number of amides is 1. The Kier molecular flexibility index (Phi) is 5.03. The normalized spacial score (nSPS) is 12.2. The highest BCUT2D eigenvalue weighted by atomic mass is 19.1. The molecule has 0 fully saturated rings. The number of halogens is 2. The smallest absolute Gasteiger partial charge is 0.220 e. The van der Waals surface area contributed by atoms with Crippen molar-refractivity contribution in [3.8, 4) is 0 Å². The van der Waals surface area contributed by atoms with Crippen LogP contribution in [0.5, 0.6) is 0 Å². The van der Waals surface area contributed by atoms with Gasteiger partial charge >= 0.3 is 0 Å². The van der Waals surface area contributed by atoms with Crippen molar-refractivity contribution in [1.82, 2.24) is 5.32 Å². The number of aliphatic hydroxyl groups excluding tert-OH is 1. The second-order valence-corrected chi connectivity index (χ2v) is 3.90. The summed E-state index contributed by atoms with van der Waals surface area (Å²) in [5.41, 5.74) is 0.107. The van der Waals surface area contributed by atoms with Gasteiger partial charge < -0.3 is 10.4 Å². The summed E-state index contributed by atoms with van der Waals surface area (Å²) >= 11 is 0. The molecule has 1 amide bonds. The highest BCUT2D eigenvalue weighted by Crippen LogP contribution is 2.09. The first kappa shape index (κ1) is 13.6. The molecule has 0 aliphatic rings. The summed E-state index contributed by atoms with van der Waals surface area (Å²) < 4.78 is 26.0. The first-order chi connectivity index (χ1) is 7.99. The third-order valence-corrected chi connectivity index (χ3v) is 2.27. The molecule has 1 unspecified atom stereocenters. The van der Waals surface area contributed by atoms with Crippen molar-refractivity contribution < 1.29 is 18.7 Å². The van der Waals surface area contributed by atoms with Crippen LogP contribution in [-0.2, 0) is 11.3 Å². The molecule has 0 spiro atoms. The maximum atomic E-state index is 13.2. The average molecular weight is 243 g/mol. The van der Waals surface area contributed by atoms with Gasteiger partial charge in [-0.25, -0.2) is 8.78 Å². The number of carbonyl (C=O) groups excluding carboxylic acids is 1. The van der Waals surface area contributed by atoms with Gasteiger partial charge in [-0.15, -0.1) is 0 Å². The fraction of sp³-hybridized carbons (Fsp3) is 0.417. The van der Waals surface area contributed by atoms with Crippen LogP contribution in [0.15, 0.2) is 18.2 Å². The highest BCUT2D eigenvalue weighted by molar-refractivity contribution is 5.75. The van der Waals surface area contributed by atoms with Crippen LogP contribution in [0.25, 0.3) is 0 Å². The van der Waals surface area contributed by atoms with E-state index in [0.29, 0.717) is 6.42 Å². The van der Waals surface area contributed by atoms with E-state index in [-0.39, 0.29) is 24.4 Å². The first-order valence-corrected chi connectivity index (χ1v) is 5.37. The Labute approximate surface area is 98.5 Å². The van der Waals surface area contributed by atoms with E-state index in [1.807, 2.05) is 0 Å². The van der Waals surface area contributed by atoms with E-state index < -0.39 is 17.7 Å². The Morgan fingerprint density at radius 2 is 2.18 bits per heavy atom. The molecule has 2 N–H and O–H groups in total. The van der Waals surface area contributed by atoms with Crippen LogP contribution in [0.3, 0.4) is 0 Å². The SMILES string of the molecule is CC(O)CCC(=O)NCc1cc(F)ccc1F. The Balaban J connectivity index is 2.44. The predicted octanol–water partition coefficient (Wildman–Crippen LogP) is 1.74. The molecule has 1 rings (SSSR count). The Morgan fingerprint density at radius 3 is 2.82 bits per heavy atom. The molecular weight excluding hydrogens is 228 g/mol. The van der Waals surface area contributed by atoms with Gasteiger partial charge in [-0.2, -0.15) is 0 Å². The van der Waals surface area contributed by atoms with Crippen LogP contribution in [0.4, 0.5) is 8.78 Å². The number of carbonyl (C=O) groups is 1. The van der Waals surface area contributed by atoms with Crippen molar-refractivity contribution in [3.63, 3.8) is 0 Å². The third-order valence-electron chi connectivity index (χ3n) is 2.27. The molecule has 1 aromatic rings. The zero-order valence-corrected chi connectivity index (χ0v) is 9.54. The van der Waals surface area contributed by atoms with Crippen molar-refractivity contribution in [3.05, 3.63) is 35.4 Å². The van der Waals surface area contributed by atoms with E-state index in [9.17, 15) is 13.6 Å². The summed E-state index contributed by atoms with van der Waals surface area (Å²) in [7, 11) is 0. The monoisotopic (exact) mass is 243 g/mol. The fourth-order valence-electron chi connectivity index (χ4n) is 1.30. The van der Waals surface area contributed by atoms with Gasteiger partial charge in [0, 0.05) is 18.5 Å². The van der Waals surface area contributed by atoms with E-state index in [4.69, 9.17) is 5.11 Å². The van der Waals surface area contributed by atoms with Crippen molar-refractivity contribution >= 4 is 5.91 Å². The quantitative estimate of drug-likeness (QED) is 0.827. The lowest BCUT2D eigenvalue weighted by molar-refractivity contribution is -0.121. The second kappa shape index (κ2) is 6.30. The van der Waals surface area contributed by atoms with Crippen LogP contribution < -0.4 is 5.32 Å². The number of aliphatic hydroxyl groups is 1. The molecule has 0 bridgehead atoms. The Morgan fingerprint density at radius 1 is 1.47 bits per heavy atom. The average Bonchev–Trinajstić information content (AvgIpc) is 2.27. The van der Waals surface area contributed by atoms with Crippen molar-refractivity contribution in [1.29, 1.82) is 0 Å². The number of hydrogen-bond acceptors (Lipinski definition) is 2. The lowest BCUT2D eigenvalue weighted by Gasteiger charge is -2.07. The minimum absolute atomic E-state index is 0.0533. The molecule has 0 aliphatic carbocycles. The molecule has 0 radical (unpaired) electrons. The lowest BCUT2D eigenvalue weighted by atomic mass is 10.2. The van der Waals surface area contributed by atoms with Crippen molar-refractivity contribution in [2.75, 3.05) is 0 Å². The van der Waals surface area contributed by atoms with E-state index >= 15 is 0 Å². The minimum atomic E-state index is -0.553. The van der Waals surface area contributed by atoms with E-state index in [0.717, 1.165) is 18.2 Å². The molecule has 0 saturated carbocycles. The van der Waals surface area contributed by atoms with Crippen molar-refractivity contribution in [2.24, 2.45) is 0 Å². The summed E-state index contributed by atoms with van der Waals surface area (Å²) in [6.07, 6.45) is -0.0434. The third kappa shape index (κ3) is 4.91. The molecule has 0 saturated heterocycles. The van der Waals surface area contributed by atoms with Gasteiger partial charge in [0.1, 0.15) is 11.6 Å². The molecule has 1 aromatic carbocycles. The van der Waals surface area contributed by atoms with Gasteiger partial charge in [0.05, 0.1) is 6.10 Å². The molecule has 17 heavy (non-hydrogen) atoms. The van der Waals surface area contributed by atoms with Crippen LogP contribution in [-0.4, -0.2) is 17.1 Å². The van der Waals surface area contributed by atoms with Gasteiger partial charge in [0.15, 0.2) is 0 Å². The molecule has 94 valence electrons. The van der Waals surface area contributed by atoms with E-state index in [2.05, 4.69) is 5.32 Å². The fourth-order valence-corrected chi connectivity index (χ4v) is 1.30. The van der Waals surface area contributed by atoms with Crippen LogP contribution >= 0.6 is 0 Å². The predicted molar refractivity (Wildman–Crippen MR) is 59.1 cm³/mol. The molecule has 5 heteroatoms. The molecule has 3 nitrogen and oxygen atoms in total. The number of benzene rings is 1. The summed E-state index contributed by atoms with van der Waals surface area (Å²) in [5, 5.41) is 11.4. The topological polar surface area (TPSA) is 49.3 Å². The largest absolute Gasteiger partial charge is 0.393 e. The van der Waals surface area contributed by atoms with Gasteiger partial charge in [0.25, 0.3) is 0 Å². The van der Waals surface area contributed by atoms with Crippen LogP contribution in [0.2, 0.25) is 0 Å². The molecule has 0 aromatic heterocycles. The zero-order valence-electron chi connectivity index (χ0n) is 9.54. The van der Waals surface area contributed by atoms with E-state index in [1.165, 1.54) is 0 Å². The van der Waals surface area contributed by atoms with Crippen molar-refractivity contribution in [2.45, 2.75) is 32.4 Å². The zero-order chi connectivity index (χ0) is 12.8. The summed E-state index contributed by atoms with van der Waals surface area (Å²) in [6, 6.07) is 3.09. The number of rotatable bonds is 5. The summed E-state index contributed by atoms with van der Waals surface area (Å²) in [6.45, 7) is 1.53. The van der Waals surface area contributed by atoms with Gasteiger partial charge in [-0.05, 0) is 31.5 Å². The molecule has 0 aliphatic heterocycles. The maximum absolute atomic E-state index is 13.2. The lowest BCUT2D eigenvalue weighted by Crippen LogP contribution is -2.24. The van der Waals surface area contributed by atoms with Gasteiger partial charge in [0.2, 0.25) is 5.91 Å². The molecule has 0 heterocycles. The maximum Gasteiger partial charge on any atom is 0.220 e. The number of nitrogens with one attached hydrogen (secondary N) is 1. The Bertz CT molecular complexity index is 394. The summed E-state index contributed by atoms with van der Waals surface area (Å²) in [4.78, 5) is 11.3. The summed E-state index contributed by atoms with van der Waals surface area (Å²) in [5.74, 6) is -1.39. The Hall–Kier alpha value is -1.49. The minimum Gasteiger partial charge on any atom is -0.393 e. The first-order valence-electron chi connectivity index (χ1n) is 5.37. The van der Waals surface area contributed by atoms with E-state index in [1.54, 1.807) is 6.92 Å².